The number of β-amino-alcohol motifs (C(OH)–C–C–N with tert-alkyl or cyclic N) is 1. The zero-order valence-electron chi connectivity index (χ0n) is 19.5. The predicted octanol–water partition coefficient (Wildman–Crippen LogP) is 3.33. The zero-order valence-corrected chi connectivity index (χ0v) is 19.5. The van der Waals surface area contributed by atoms with Crippen LogP contribution >= 0.6 is 0 Å². The molecule has 2 aliphatic rings. The van der Waals surface area contributed by atoms with Crippen molar-refractivity contribution in [3.63, 3.8) is 0 Å². The molecule has 8 nitrogen and oxygen atoms in total. The molecule has 1 aromatic rings. The zero-order chi connectivity index (χ0) is 23.7. The second-order valence-corrected chi connectivity index (χ2v) is 10.0. The smallest absolute Gasteiger partial charge is 0.457 e. The lowest BCUT2D eigenvalue weighted by Crippen LogP contribution is -2.48. The number of amides is 1. The molecule has 3 atom stereocenters. The average Bonchev–Trinajstić information content (AvgIpc) is 3.08. The van der Waals surface area contributed by atoms with Crippen LogP contribution in [0, 0.1) is 5.41 Å². The molecule has 3 rings (SSSR count). The van der Waals surface area contributed by atoms with E-state index in [1.165, 1.54) is 0 Å². The maximum atomic E-state index is 12.7. The first-order valence-corrected chi connectivity index (χ1v) is 11.1. The summed E-state index contributed by atoms with van der Waals surface area (Å²) >= 11 is 0. The number of hydrogen-bond donors (Lipinski definition) is 2. The number of carbonyl (C=O) groups excluding carboxylic acids is 1. The Labute approximate surface area is 190 Å². The molecular weight excluding hydrogens is 413 g/mol. The first-order valence-electron chi connectivity index (χ1n) is 11.1. The number of aliphatic hydroxyl groups excluding tert-OH is 1. The number of benzene rings is 1. The van der Waals surface area contributed by atoms with Crippen molar-refractivity contribution in [2.24, 2.45) is 5.41 Å². The summed E-state index contributed by atoms with van der Waals surface area (Å²) < 4.78 is 17.4. The van der Waals surface area contributed by atoms with Gasteiger partial charge in [-0.2, -0.15) is 0 Å². The highest BCUT2D eigenvalue weighted by Gasteiger charge is 2.56. The molecule has 0 aromatic heterocycles. The van der Waals surface area contributed by atoms with E-state index in [2.05, 4.69) is 0 Å². The Bertz CT molecular complexity index is 815. The van der Waals surface area contributed by atoms with Crippen LogP contribution in [-0.4, -0.2) is 64.2 Å². The van der Waals surface area contributed by atoms with Gasteiger partial charge in [0.2, 0.25) is 0 Å². The van der Waals surface area contributed by atoms with Crippen LogP contribution in [0.4, 0.5) is 4.79 Å². The van der Waals surface area contributed by atoms with Crippen LogP contribution in [-0.2, 0) is 25.4 Å². The van der Waals surface area contributed by atoms with Gasteiger partial charge in [0.25, 0.3) is 0 Å². The van der Waals surface area contributed by atoms with Crippen LogP contribution in [0.25, 0.3) is 0 Å². The van der Waals surface area contributed by atoms with E-state index in [9.17, 15) is 19.8 Å². The molecule has 2 fully saturated rings. The van der Waals surface area contributed by atoms with Crippen molar-refractivity contribution in [1.29, 1.82) is 0 Å². The maximum Gasteiger partial charge on any atom is 0.457 e. The molecule has 0 unspecified atom stereocenters. The molecule has 1 amide bonds. The van der Waals surface area contributed by atoms with Gasteiger partial charge in [-0.05, 0) is 46.0 Å². The lowest BCUT2D eigenvalue weighted by molar-refractivity contribution is -0.146. The van der Waals surface area contributed by atoms with Gasteiger partial charge >= 0.3 is 19.2 Å². The van der Waals surface area contributed by atoms with Gasteiger partial charge in [-0.1, -0.05) is 43.7 Å². The van der Waals surface area contributed by atoms with Gasteiger partial charge in [-0.25, -0.2) is 9.59 Å². The third-order valence-electron chi connectivity index (χ3n) is 7.20. The quantitative estimate of drug-likeness (QED) is 0.618. The van der Waals surface area contributed by atoms with Gasteiger partial charge in [-0.15, -0.1) is 0 Å². The molecule has 0 bridgehead atoms. The molecular formula is C23H34BNO7. The van der Waals surface area contributed by atoms with Gasteiger partial charge in [0.1, 0.15) is 12.6 Å². The average molecular weight is 447 g/mol. The van der Waals surface area contributed by atoms with Crippen LogP contribution < -0.4 is 0 Å². The van der Waals surface area contributed by atoms with Gasteiger partial charge < -0.3 is 24.3 Å². The second kappa shape index (κ2) is 9.04. The van der Waals surface area contributed by atoms with Crippen LogP contribution in [0.1, 0.15) is 53.0 Å². The Kier molecular flexibility index (Phi) is 6.93. The third-order valence-corrected chi connectivity index (χ3v) is 7.20. The van der Waals surface area contributed by atoms with Gasteiger partial charge in [-0.3, -0.25) is 4.90 Å². The van der Waals surface area contributed by atoms with Crippen molar-refractivity contribution in [2.45, 2.75) is 83.7 Å². The highest BCUT2D eigenvalue weighted by Crippen LogP contribution is 2.43. The number of hydrogen-bond acceptors (Lipinski definition) is 6. The van der Waals surface area contributed by atoms with Crippen molar-refractivity contribution >= 4 is 19.2 Å². The summed E-state index contributed by atoms with van der Waals surface area (Å²) in [4.78, 5) is 25.9. The number of carbonyl (C=O) groups is 2. The van der Waals surface area contributed by atoms with E-state index in [0.717, 1.165) is 10.5 Å². The van der Waals surface area contributed by atoms with E-state index in [4.69, 9.17) is 14.0 Å². The number of carboxylic acids is 1. The van der Waals surface area contributed by atoms with Gasteiger partial charge in [0, 0.05) is 5.41 Å². The molecule has 176 valence electrons. The molecule has 0 saturated carbocycles. The number of ether oxygens (including phenoxy) is 1. The number of aliphatic carboxylic acids is 1. The summed E-state index contributed by atoms with van der Waals surface area (Å²) in [6.45, 7) is 9.59. The second-order valence-electron chi connectivity index (χ2n) is 10.0. The Balaban J connectivity index is 1.62. The minimum absolute atomic E-state index is 0.0389. The molecule has 32 heavy (non-hydrogen) atoms. The first kappa shape index (κ1) is 24.5. The summed E-state index contributed by atoms with van der Waals surface area (Å²) in [6.07, 6.45) is -0.167. The maximum absolute atomic E-state index is 12.7. The van der Waals surface area contributed by atoms with Crippen molar-refractivity contribution in [1.82, 2.24) is 4.90 Å². The van der Waals surface area contributed by atoms with Crippen LogP contribution in [0.2, 0.25) is 6.32 Å². The Hall–Kier alpha value is -2.10. The molecule has 0 aliphatic carbocycles. The van der Waals surface area contributed by atoms with E-state index in [0.29, 0.717) is 19.2 Å². The molecule has 0 radical (unpaired) electrons. The van der Waals surface area contributed by atoms with E-state index in [-0.39, 0.29) is 13.2 Å². The minimum atomic E-state index is -1.18. The fourth-order valence-electron chi connectivity index (χ4n) is 4.47. The lowest BCUT2D eigenvalue weighted by atomic mass is 9.72. The molecule has 1 aromatic carbocycles. The number of aliphatic hydroxyl groups is 1. The van der Waals surface area contributed by atoms with Gasteiger partial charge in [0.05, 0.1) is 23.9 Å². The fraction of sp³-hybridized carbons (Fsp3) is 0.652. The number of carboxylic acid groups (broad SMARTS) is 1. The first-order chi connectivity index (χ1) is 14.9. The van der Waals surface area contributed by atoms with E-state index in [1.807, 2.05) is 58.0 Å². The van der Waals surface area contributed by atoms with Crippen molar-refractivity contribution in [3.05, 3.63) is 35.9 Å². The Morgan fingerprint density at radius 2 is 1.72 bits per heavy atom. The van der Waals surface area contributed by atoms with Crippen molar-refractivity contribution in [2.75, 3.05) is 6.54 Å². The number of rotatable bonds is 7. The summed E-state index contributed by atoms with van der Waals surface area (Å²) in [7, 11) is -0.391. The largest absolute Gasteiger partial charge is 0.480 e. The Morgan fingerprint density at radius 3 is 2.28 bits per heavy atom. The minimum Gasteiger partial charge on any atom is -0.480 e. The summed E-state index contributed by atoms with van der Waals surface area (Å²) in [5.74, 6) is -1.16. The summed E-state index contributed by atoms with van der Waals surface area (Å²) in [5.41, 5.74) is -1.08. The van der Waals surface area contributed by atoms with E-state index < -0.39 is 47.9 Å². The van der Waals surface area contributed by atoms with Crippen LogP contribution in [0.5, 0.6) is 0 Å². The monoisotopic (exact) mass is 447 g/mol. The van der Waals surface area contributed by atoms with E-state index >= 15 is 0 Å². The van der Waals surface area contributed by atoms with Gasteiger partial charge in [0.15, 0.2) is 0 Å². The SMILES string of the molecule is CC1(C)OB(CCC[C@]2(C)[C@@H](O)CN(C(=O)OCc3ccccc3)[C@@H]2C(=O)O)OC1(C)C. The van der Waals surface area contributed by atoms with Crippen molar-refractivity contribution in [3.8, 4) is 0 Å². The molecule has 2 saturated heterocycles. The molecule has 2 N–H and O–H groups in total. The summed E-state index contributed by atoms with van der Waals surface area (Å²) in [6, 6.07) is 7.98. The fourth-order valence-corrected chi connectivity index (χ4v) is 4.47. The van der Waals surface area contributed by atoms with Crippen LogP contribution in [0.3, 0.4) is 0 Å². The van der Waals surface area contributed by atoms with Crippen molar-refractivity contribution < 1.29 is 33.8 Å². The lowest BCUT2D eigenvalue weighted by Gasteiger charge is -2.33. The molecule has 0 spiro atoms. The predicted molar refractivity (Wildman–Crippen MR) is 119 cm³/mol. The highest BCUT2D eigenvalue weighted by atomic mass is 16.7. The topological polar surface area (TPSA) is 106 Å². The number of likely N-dealkylation sites (tertiary alicyclic amines) is 1. The Morgan fingerprint density at radius 1 is 1.12 bits per heavy atom. The third kappa shape index (κ3) is 4.80. The van der Waals surface area contributed by atoms with E-state index in [1.54, 1.807) is 6.92 Å². The molecule has 2 aliphatic heterocycles. The highest BCUT2D eigenvalue weighted by molar-refractivity contribution is 6.45. The molecule has 2 heterocycles. The summed E-state index contributed by atoms with van der Waals surface area (Å²) in [5, 5.41) is 20.7. The normalized spacial score (nSPS) is 28.7. The molecule has 9 heteroatoms. The van der Waals surface area contributed by atoms with Crippen LogP contribution in [0.15, 0.2) is 30.3 Å². The number of nitrogens with zero attached hydrogens (tertiary/aromatic N) is 1. The standard InChI is InChI=1S/C23H34BNO7/c1-21(2)22(3,4)32-24(31-21)13-9-12-23(5)17(26)14-25(18(23)19(27)28)20(29)30-15-16-10-7-6-8-11-16/h6-8,10-11,17-18,26H,9,12-15H2,1-5H3,(H,27,28)/t17-,18+,23+/m0/s1.